The first kappa shape index (κ1) is 33.4. The summed E-state index contributed by atoms with van der Waals surface area (Å²) in [6, 6.07) is 78.4. The molecular formula is C54H36BN3O. The van der Waals surface area contributed by atoms with Gasteiger partial charge in [-0.15, -0.1) is 0 Å². The number of hydrogen-bond donors (Lipinski definition) is 0. The van der Waals surface area contributed by atoms with E-state index in [9.17, 15) is 0 Å². The lowest BCUT2D eigenvalue weighted by molar-refractivity contribution is 0.488. The normalized spacial score (nSPS) is 12.5. The van der Waals surface area contributed by atoms with E-state index in [1.807, 2.05) is 0 Å². The fourth-order valence-corrected chi connectivity index (χ4v) is 9.44. The van der Waals surface area contributed by atoms with Gasteiger partial charge in [0.05, 0.1) is 11.0 Å². The van der Waals surface area contributed by atoms with Crippen molar-refractivity contribution < 1.29 is 4.74 Å². The lowest BCUT2D eigenvalue weighted by Crippen LogP contribution is -2.59. The van der Waals surface area contributed by atoms with Gasteiger partial charge in [0.15, 0.2) is 0 Å². The van der Waals surface area contributed by atoms with Crippen LogP contribution in [0.4, 0.5) is 34.1 Å². The number of ether oxygens (including phenoxy) is 1. The van der Waals surface area contributed by atoms with E-state index in [1.54, 1.807) is 0 Å². The molecule has 0 atom stereocenters. The van der Waals surface area contributed by atoms with Crippen LogP contribution < -0.4 is 30.9 Å². The van der Waals surface area contributed by atoms with Crippen LogP contribution >= 0.6 is 0 Å². The molecule has 0 radical (unpaired) electrons. The van der Waals surface area contributed by atoms with Crippen LogP contribution in [0.1, 0.15) is 0 Å². The highest BCUT2D eigenvalue weighted by Gasteiger charge is 2.42. The van der Waals surface area contributed by atoms with Crippen LogP contribution in [0.25, 0.3) is 38.6 Å². The third-order valence-electron chi connectivity index (χ3n) is 12.0. The zero-order valence-electron chi connectivity index (χ0n) is 32.1. The quantitative estimate of drug-likeness (QED) is 0.158. The Morgan fingerprint density at radius 2 is 0.983 bits per heavy atom. The van der Waals surface area contributed by atoms with Gasteiger partial charge in [0.1, 0.15) is 11.5 Å². The molecular weight excluding hydrogens is 717 g/mol. The van der Waals surface area contributed by atoms with Crippen molar-refractivity contribution in [3.8, 4) is 28.3 Å². The molecule has 3 heterocycles. The zero-order valence-corrected chi connectivity index (χ0v) is 32.1. The molecule has 2 aliphatic heterocycles. The molecule has 0 unspecified atom stereocenters. The standard InChI is InChI=1S/C54H36BN3O/c1-6-18-37(19-7-1)38-32-51-54-53(33-38)59-52-35-45-44-31-30-43(56(39-20-8-2-9-21-39)40-22-10-3-11-23-40)34-49(44)58(42-26-14-5-15-27-42)50(45)36-47(52)55(54)46-28-16-17-29-48(46)57(51)41-24-12-4-13-25-41/h1-36H. The maximum Gasteiger partial charge on any atom is 0.256 e. The topological polar surface area (TPSA) is 20.6 Å². The van der Waals surface area contributed by atoms with Crippen molar-refractivity contribution in [2.45, 2.75) is 0 Å². The summed E-state index contributed by atoms with van der Waals surface area (Å²) in [6.07, 6.45) is 0. The molecule has 59 heavy (non-hydrogen) atoms. The smallest absolute Gasteiger partial charge is 0.256 e. The second-order valence-corrected chi connectivity index (χ2v) is 15.3. The van der Waals surface area contributed by atoms with E-state index in [4.69, 9.17) is 4.74 Å². The van der Waals surface area contributed by atoms with E-state index in [0.717, 1.165) is 78.6 Å². The molecule has 5 heteroatoms. The van der Waals surface area contributed by atoms with Crippen molar-refractivity contribution in [2.24, 2.45) is 0 Å². The first-order chi connectivity index (χ1) is 29.3. The van der Waals surface area contributed by atoms with Crippen LogP contribution in [0.15, 0.2) is 218 Å². The van der Waals surface area contributed by atoms with Gasteiger partial charge < -0.3 is 19.1 Å². The summed E-state index contributed by atoms with van der Waals surface area (Å²) < 4.78 is 9.62. The van der Waals surface area contributed by atoms with Crippen LogP contribution in [-0.2, 0) is 0 Å². The second kappa shape index (κ2) is 13.4. The Morgan fingerprint density at radius 1 is 0.390 bits per heavy atom. The van der Waals surface area contributed by atoms with Crippen LogP contribution in [0.2, 0.25) is 0 Å². The summed E-state index contributed by atoms with van der Waals surface area (Å²) in [5.74, 6) is 1.78. The molecule has 0 saturated carbocycles. The van der Waals surface area contributed by atoms with Crippen molar-refractivity contribution in [1.82, 2.24) is 4.57 Å². The van der Waals surface area contributed by atoms with Gasteiger partial charge in [-0.1, -0.05) is 127 Å². The van der Waals surface area contributed by atoms with E-state index in [0.29, 0.717) is 0 Å². The molecule has 0 bridgehead atoms. The third kappa shape index (κ3) is 5.32. The summed E-state index contributed by atoms with van der Waals surface area (Å²) in [4.78, 5) is 4.75. The summed E-state index contributed by atoms with van der Waals surface area (Å²) >= 11 is 0. The molecule has 0 saturated heterocycles. The van der Waals surface area contributed by atoms with Gasteiger partial charge in [0.25, 0.3) is 6.71 Å². The number of rotatable bonds is 6. The Balaban J connectivity index is 1.13. The van der Waals surface area contributed by atoms with Crippen LogP contribution in [0.3, 0.4) is 0 Å². The Bertz CT molecular complexity index is 3150. The van der Waals surface area contributed by atoms with E-state index < -0.39 is 0 Å². The fourth-order valence-electron chi connectivity index (χ4n) is 9.44. The first-order valence-electron chi connectivity index (χ1n) is 20.2. The molecule has 276 valence electrons. The van der Waals surface area contributed by atoms with Crippen molar-refractivity contribution in [2.75, 3.05) is 9.80 Å². The Kier molecular flexibility index (Phi) is 7.60. The van der Waals surface area contributed by atoms with Gasteiger partial charge in [-0.05, 0) is 119 Å². The molecule has 9 aromatic carbocycles. The van der Waals surface area contributed by atoms with Gasteiger partial charge in [-0.2, -0.15) is 0 Å². The second-order valence-electron chi connectivity index (χ2n) is 15.3. The molecule has 10 aromatic rings. The molecule has 0 spiro atoms. The number of fused-ring (bicyclic) bond motifs is 7. The molecule has 0 fully saturated rings. The zero-order chi connectivity index (χ0) is 38.9. The summed E-state index contributed by atoms with van der Waals surface area (Å²) in [5, 5.41) is 2.32. The molecule has 12 rings (SSSR count). The maximum absolute atomic E-state index is 7.19. The SMILES string of the molecule is c1ccc(-c2cc3c4c(c2)N(c2ccccc2)c2ccccc2B4c2cc4c(cc2O3)c2ccc(N(c3ccccc3)c3ccccc3)cc2n4-c2ccccc2)cc1. The number of para-hydroxylation sites is 5. The van der Waals surface area contributed by atoms with Crippen molar-refractivity contribution >= 4 is 79.0 Å². The average molecular weight is 754 g/mol. The van der Waals surface area contributed by atoms with Crippen molar-refractivity contribution in [3.63, 3.8) is 0 Å². The van der Waals surface area contributed by atoms with Crippen molar-refractivity contribution in [3.05, 3.63) is 218 Å². The predicted octanol–water partition coefficient (Wildman–Crippen LogP) is 12.3. The van der Waals surface area contributed by atoms with Crippen LogP contribution in [-0.4, -0.2) is 11.3 Å². The van der Waals surface area contributed by atoms with E-state index in [-0.39, 0.29) is 6.71 Å². The fraction of sp³-hybridized carbons (Fsp3) is 0. The Hall–Kier alpha value is -7.76. The highest BCUT2D eigenvalue weighted by Crippen LogP contribution is 2.45. The molecule has 1 aromatic heterocycles. The summed E-state index contributed by atoms with van der Waals surface area (Å²) in [7, 11) is 0. The lowest BCUT2D eigenvalue weighted by atomic mass is 9.34. The van der Waals surface area contributed by atoms with Gasteiger partial charge >= 0.3 is 0 Å². The minimum Gasteiger partial charge on any atom is -0.458 e. The first-order valence-corrected chi connectivity index (χ1v) is 20.2. The number of benzene rings is 9. The van der Waals surface area contributed by atoms with Gasteiger partial charge in [-0.25, -0.2) is 0 Å². The average Bonchev–Trinajstić information content (AvgIpc) is 3.62. The highest BCUT2D eigenvalue weighted by atomic mass is 16.5. The number of nitrogens with zero attached hydrogens (tertiary/aromatic N) is 3. The minimum atomic E-state index is -0.0430. The largest absolute Gasteiger partial charge is 0.458 e. The molecule has 0 N–H and O–H groups in total. The van der Waals surface area contributed by atoms with E-state index >= 15 is 0 Å². The Morgan fingerprint density at radius 3 is 1.68 bits per heavy atom. The van der Waals surface area contributed by atoms with E-state index in [1.165, 1.54) is 22.0 Å². The summed E-state index contributed by atoms with van der Waals surface area (Å²) in [6.45, 7) is -0.0430. The van der Waals surface area contributed by atoms with E-state index in [2.05, 4.69) is 233 Å². The summed E-state index contributed by atoms with van der Waals surface area (Å²) in [5.41, 5.74) is 16.0. The molecule has 0 aliphatic carbocycles. The molecule has 2 aliphatic rings. The number of anilines is 6. The number of hydrogen-bond acceptors (Lipinski definition) is 3. The lowest BCUT2D eigenvalue weighted by Gasteiger charge is -2.40. The predicted molar refractivity (Wildman–Crippen MR) is 247 cm³/mol. The number of aromatic nitrogens is 1. The van der Waals surface area contributed by atoms with Gasteiger partial charge in [-0.3, -0.25) is 0 Å². The highest BCUT2D eigenvalue weighted by molar-refractivity contribution is 6.99. The minimum absolute atomic E-state index is 0.0430. The van der Waals surface area contributed by atoms with Gasteiger partial charge in [0, 0.05) is 50.6 Å². The monoisotopic (exact) mass is 753 g/mol. The Labute approximate surface area is 343 Å². The molecule has 4 nitrogen and oxygen atoms in total. The molecule has 0 amide bonds. The van der Waals surface area contributed by atoms with Crippen LogP contribution in [0.5, 0.6) is 11.5 Å². The van der Waals surface area contributed by atoms with Gasteiger partial charge in [0.2, 0.25) is 0 Å². The van der Waals surface area contributed by atoms with Crippen LogP contribution in [0, 0.1) is 0 Å². The van der Waals surface area contributed by atoms with Crippen molar-refractivity contribution in [1.29, 1.82) is 0 Å². The third-order valence-corrected chi connectivity index (χ3v) is 12.0. The maximum atomic E-state index is 7.19.